The van der Waals surface area contributed by atoms with Gasteiger partial charge in [-0.05, 0) is 31.5 Å². The Kier molecular flexibility index (Phi) is 6.18. The highest BCUT2D eigenvalue weighted by Crippen LogP contribution is 2.35. The van der Waals surface area contributed by atoms with Gasteiger partial charge < -0.3 is 24.6 Å². The predicted molar refractivity (Wildman–Crippen MR) is 107 cm³/mol. The molecule has 3 rings (SSSR count). The molecule has 1 aliphatic heterocycles. The van der Waals surface area contributed by atoms with Gasteiger partial charge in [-0.25, -0.2) is 14.8 Å². The van der Waals surface area contributed by atoms with Crippen LogP contribution in [0.25, 0.3) is 0 Å². The smallest absolute Gasteiger partial charge is 0.317 e. The van der Waals surface area contributed by atoms with E-state index in [0.717, 1.165) is 11.1 Å². The van der Waals surface area contributed by atoms with E-state index in [2.05, 4.69) is 20.2 Å². The number of rotatable bonds is 5. The number of nitrogens with one attached hydrogen (secondary N) is 1. The topological polar surface area (TPSA) is 79.8 Å². The van der Waals surface area contributed by atoms with E-state index in [1.165, 1.54) is 0 Å². The average molecular weight is 385 g/mol. The zero-order valence-corrected chi connectivity index (χ0v) is 16.8. The van der Waals surface area contributed by atoms with Gasteiger partial charge in [0.25, 0.3) is 0 Å². The Bertz CT molecular complexity index is 807. The molecule has 8 nitrogen and oxygen atoms in total. The van der Waals surface area contributed by atoms with Gasteiger partial charge in [-0.2, -0.15) is 0 Å². The Morgan fingerprint density at radius 2 is 1.79 bits per heavy atom. The molecule has 1 aliphatic rings. The Hall–Kier alpha value is -3.03. The molecule has 1 fully saturated rings. The molecule has 0 aliphatic carbocycles. The number of hydrogen-bond acceptors (Lipinski definition) is 6. The van der Waals surface area contributed by atoms with E-state index in [1.807, 2.05) is 30.9 Å². The second-order valence-electron chi connectivity index (χ2n) is 6.71. The third kappa shape index (κ3) is 4.11. The van der Waals surface area contributed by atoms with Crippen LogP contribution in [0.4, 0.5) is 10.7 Å². The molecule has 0 radical (unpaired) electrons. The lowest BCUT2D eigenvalue weighted by atomic mass is 10.0. The van der Waals surface area contributed by atoms with Crippen molar-refractivity contribution >= 4 is 12.0 Å². The number of nitrogens with zero attached hydrogens (tertiary/aromatic N) is 4. The molecule has 1 aromatic heterocycles. The van der Waals surface area contributed by atoms with E-state index in [4.69, 9.17) is 9.47 Å². The summed E-state index contributed by atoms with van der Waals surface area (Å²) in [7, 11) is 3.23. The summed E-state index contributed by atoms with van der Waals surface area (Å²) in [5, 5.41) is 3.09. The monoisotopic (exact) mass is 385 g/mol. The molecule has 2 heterocycles. The van der Waals surface area contributed by atoms with Crippen molar-refractivity contribution in [3.05, 3.63) is 41.7 Å². The number of aromatic nitrogens is 2. The van der Waals surface area contributed by atoms with E-state index in [0.29, 0.717) is 43.6 Å². The van der Waals surface area contributed by atoms with Crippen LogP contribution in [-0.2, 0) is 0 Å². The van der Waals surface area contributed by atoms with Crippen LogP contribution in [0.2, 0.25) is 0 Å². The van der Waals surface area contributed by atoms with Crippen molar-refractivity contribution < 1.29 is 14.3 Å². The molecule has 1 N–H and O–H groups in total. The van der Waals surface area contributed by atoms with Crippen molar-refractivity contribution in [1.29, 1.82) is 0 Å². The highest BCUT2D eigenvalue weighted by Gasteiger charge is 2.24. The highest BCUT2D eigenvalue weighted by atomic mass is 16.5. The second kappa shape index (κ2) is 8.77. The third-order valence-corrected chi connectivity index (χ3v) is 5.04. The molecule has 1 aromatic carbocycles. The number of methoxy groups -OCH3 is 2. The van der Waals surface area contributed by atoms with Gasteiger partial charge in [0.1, 0.15) is 0 Å². The molecule has 0 bridgehead atoms. The summed E-state index contributed by atoms with van der Waals surface area (Å²) in [5.74, 6) is 2.08. The lowest BCUT2D eigenvalue weighted by molar-refractivity contribution is 0.191. The van der Waals surface area contributed by atoms with Crippen molar-refractivity contribution in [1.82, 2.24) is 20.2 Å². The maximum absolute atomic E-state index is 12.7. The van der Waals surface area contributed by atoms with Gasteiger partial charge in [-0.3, -0.25) is 0 Å². The molecular formula is C20H27N5O3. The predicted octanol–water partition coefficient (Wildman–Crippen LogP) is 2.40. The van der Waals surface area contributed by atoms with E-state index in [9.17, 15) is 4.79 Å². The van der Waals surface area contributed by atoms with Crippen LogP contribution in [0.5, 0.6) is 11.5 Å². The Labute approximate surface area is 165 Å². The number of urea groups is 1. The molecule has 28 heavy (non-hydrogen) atoms. The molecule has 1 unspecified atom stereocenters. The minimum atomic E-state index is -0.150. The van der Waals surface area contributed by atoms with E-state index < -0.39 is 0 Å². The second-order valence-corrected chi connectivity index (χ2v) is 6.71. The summed E-state index contributed by atoms with van der Waals surface area (Å²) >= 11 is 0. The molecule has 2 amide bonds. The minimum absolute atomic E-state index is 0.0738. The Morgan fingerprint density at radius 1 is 1.11 bits per heavy atom. The third-order valence-electron chi connectivity index (χ3n) is 5.04. The first-order chi connectivity index (χ1) is 13.5. The van der Waals surface area contributed by atoms with Crippen molar-refractivity contribution in [3.8, 4) is 11.5 Å². The maximum Gasteiger partial charge on any atom is 0.317 e. The van der Waals surface area contributed by atoms with Gasteiger partial charge in [0.15, 0.2) is 11.5 Å². The first-order valence-electron chi connectivity index (χ1n) is 9.34. The highest BCUT2D eigenvalue weighted by molar-refractivity contribution is 5.75. The van der Waals surface area contributed by atoms with Crippen molar-refractivity contribution in [2.24, 2.45) is 0 Å². The first-order valence-corrected chi connectivity index (χ1v) is 9.34. The van der Waals surface area contributed by atoms with Gasteiger partial charge in [0, 0.05) is 44.1 Å². The molecule has 1 saturated heterocycles. The fraction of sp³-hybridized carbons (Fsp3) is 0.450. The lowest BCUT2D eigenvalue weighted by Crippen LogP contribution is -2.52. The number of benzene rings is 1. The van der Waals surface area contributed by atoms with Gasteiger partial charge >= 0.3 is 6.03 Å². The first kappa shape index (κ1) is 19.7. The summed E-state index contributed by atoms with van der Waals surface area (Å²) in [4.78, 5) is 25.2. The van der Waals surface area contributed by atoms with Crippen LogP contribution < -0.4 is 19.7 Å². The Balaban J connectivity index is 1.61. The average Bonchev–Trinajstić information content (AvgIpc) is 2.74. The fourth-order valence-electron chi connectivity index (χ4n) is 3.48. The van der Waals surface area contributed by atoms with E-state index >= 15 is 0 Å². The van der Waals surface area contributed by atoms with Gasteiger partial charge in [-0.1, -0.05) is 6.07 Å². The summed E-state index contributed by atoms with van der Waals surface area (Å²) < 4.78 is 10.8. The maximum atomic E-state index is 12.7. The molecule has 0 spiro atoms. The number of amides is 2. The zero-order valence-electron chi connectivity index (χ0n) is 16.8. The van der Waals surface area contributed by atoms with Crippen LogP contribution in [0.1, 0.15) is 24.1 Å². The number of hydrogen-bond donors (Lipinski definition) is 1. The zero-order chi connectivity index (χ0) is 20.1. The van der Waals surface area contributed by atoms with Crippen LogP contribution in [-0.4, -0.2) is 61.3 Å². The van der Waals surface area contributed by atoms with Gasteiger partial charge in [-0.15, -0.1) is 0 Å². The van der Waals surface area contributed by atoms with Crippen LogP contribution in [0.15, 0.2) is 30.6 Å². The largest absolute Gasteiger partial charge is 0.493 e. The molecule has 1 atom stereocenters. The lowest BCUT2D eigenvalue weighted by Gasteiger charge is -2.35. The number of piperazine rings is 1. The number of ether oxygens (including phenoxy) is 2. The quantitative estimate of drug-likeness (QED) is 0.851. The normalized spacial score (nSPS) is 15.1. The fourth-order valence-corrected chi connectivity index (χ4v) is 3.48. The standard InChI is InChI=1S/C20H27N5O3/c1-14-16(6-7-17(27-3)18(14)28-4)15(2)23-20(26)25-12-10-24(11-13-25)19-21-8-5-9-22-19/h5-9,15H,10-13H2,1-4H3,(H,23,26). The molecule has 150 valence electrons. The van der Waals surface area contributed by atoms with Crippen molar-refractivity contribution in [2.45, 2.75) is 19.9 Å². The van der Waals surface area contributed by atoms with Gasteiger partial charge in [0.2, 0.25) is 5.95 Å². The summed E-state index contributed by atoms with van der Waals surface area (Å²) in [6, 6.07) is 5.40. The minimum Gasteiger partial charge on any atom is -0.493 e. The van der Waals surface area contributed by atoms with Crippen LogP contribution >= 0.6 is 0 Å². The van der Waals surface area contributed by atoms with Crippen molar-refractivity contribution in [3.63, 3.8) is 0 Å². The molecular weight excluding hydrogens is 358 g/mol. The molecule has 8 heteroatoms. The Morgan fingerprint density at radius 3 is 2.39 bits per heavy atom. The number of carbonyl (C=O) groups is 1. The number of carbonyl (C=O) groups excluding carboxylic acids is 1. The van der Waals surface area contributed by atoms with Crippen molar-refractivity contribution in [2.75, 3.05) is 45.3 Å². The summed E-state index contributed by atoms with van der Waals surface area (Å²) in [6.45, 7) is 6.62. The number of anilines is 1. The molecule has 0 saturated carbocycles. The summed E-state index contributed by atoms with van der Waals surface area (Å²) in [5.41, 5.74) is 1.96. The summed E-state index contributed by atoms with van der Waals surface area (Å²) in [6.07, 6.45) is 3.46. The molecule has 2 aromatic rings. The van der Waals surface area contributed by atoms with Crippen LogP contribution in [0, 0.1) is 6.92 Å². The van der Waals surface area contributed by atoms with Crippen LogP contribution in [0.3, 0.4) is 0 Å². The SMILES string of the molecule is COc1ccc(C(C)NC(=O)N2CCN(c3ncccn3)CC2)c(C)c1OC. The van der Waals surface area contributed by atoms with E-state index in [1.54, 1.807) is 32.7 Å². The van der Waals surface area contributed by atoms with Gasteiger partial charge in [0.05, 0.1) is 20.3 Å². The van der Waals surface area contributed by atoms with E-state index in [-0.39, 0.29) is 12.1 Å².